The maximum absolute atomic E-state index is 10.9. The lowest BCUT2D eigenvalue weighted by atomic mass is 9.76. The van der Waals surface area contributed by atoms with E-state index >= 15 is 0 Å². The van der Waals surface area contributed by atoms with Gasteiger partial charge < -0.3 is 11.1 Å². The van der Waals surface area contributed by atoms with Crippen molar-refractivity contribution in [1.29, 1.82) is 0 Å². The smallest absolute Gasteiger partial charge is 0.221 e. The number of rotatable bonds is 3. The molecule has 1 fully saturated rings. The van der Waals surface area contributed by atoms with Gasteiger partial charge in [0.15, 0.2) is 0 Å². The third kappa shape index (κ3) is 2.20. The topological polar surface area (TPSA) is 55.1 Å². The first-order valence-electron chi connectivity index (χ1n) is 6.02. The summed E-state index contributed by atoms with van der Waals surface area (Å²) in [7, 11) is 0. The van der Waals surface area contributed by atoms with E-state index in [1.54, 1.807) is 0 Å². The number of carbonyl (C=O) groups excluding carboxylic acids is 1. The summed E-state index contributed by atoms with van der Waals surface area (Å²) in [4.78, 5) is 10.9. The number of benzene rings is 1. The number of hydrogen-bond acceptors (Lipinski definition) is 2. The highest BCUT2D eigenvalue weighted by Crippen LogP contribution is 2.49. The molecular formula is C14H20N2O. The van der Waals surface area contributed by atoms with E-state index in [1.807, 2.05) is 12.1 Å². The Morgan fingerprint density at radius 3 is 2.24 bits per heavy atom. The molecule has 3 N–H and O–H groups in total. The van der Waals surface area contributed by atoms with Crippen LogP contribution in [0.3, 0.4) is 0 Å². The molecule has 0 aliphatic heterocycles. The zero-order chi connectivity index (χ0) is 12.7. The van der Waals surface area contributed by atoms with Gasteiger partial charge in [0.05, 0.1) is 0 Å². The zero-order valence-electron chi connectivity index (χ0n) is 10.7. The summed E-state index contributed by atoms with van der Waals surface area (Å²) in [5.41, 5.74) is 8.30. The second-order valence-corrected chi connectivity index (χ2v) is 5.54. The number of anilines is 1. The average Bonchev–Trinajstić information content (AvgIpc) is 2.98. The molecule has 17 heavy (non-hydrogen) atoms. The SMILES string of the molecule is CC(=O)Nc1ccc(C(C)(C)C2(N)CC2)cc1. The molecule has 0 atom stereocenters. The highest BCUT2D eigenvalue weighted by Gasteiger charge is 2.51. The van der Waals surface area contributed by atoms with E-state index in [9.17, 15) is 4.79 Å². The van der Waals surface area contributed by atoms with Crippen LogP contribution in [0.15, 0.2) is 24.3 Å². The lowest BCUT2D eigenvalue weighted by Crippen LogP contribution is -2.43. The highest BCUT2D eigenvalue weighted by molar-refractivity contribution is 5.88. The van der Waals surface area contributed by atoms with Gasteiger partial charge in [-0.2, -0.15) is 0 Å². The molecule has 1 aliphatic carbocycles. The fourth-order valence-corrected chi connectivity index (χ4v) is 2.22. The monoisotopic (exact) mass is 232 g/mol. The third-order valence-electron chi connectivity index (χ3n) is 3.96. The first-order chi connectivity index (χ1) is 7.85. The second-order valence-electron chi connectivity index (χ2n) is 5.54. The normalized spacial score (nSPS) is 17.6. The van der Waals surface area contributed by atoms with Crippen molar-refractivity contribution in [3.8, 4) is 0 Å². The predicted molar refractivity (Wildman–Crippen MR) is 69.9 cm³/mol. The molecule has 3 heteroatoms. The molecule has 3 nitrogen and oxygen atoms in total. The predicted octanol–water partition coefficient (Wildman–Crippen LogP) is 2.41. The van der Waals surface area contributed by atoms with Gasteiger partial charge in [-0.05, 0) is 30.5 Å². The van der Waals surface area contributed by atoms with E-state index in [0.717, 1.165) is 18.5 Å². The van der Waals surface area contributed by atoms with Gasteiger partial charge in [0.1, 0.15) is 0 Å². The van der Waals surface area contributed by atoms with Gasteiger partial charge in [0, 0.05) is 23.6 Å². The van der Waals surface area contributed by atoms with Crippen molar-refractivity contribution in [3.05, 3.63) is 29.8 Å². The maximum Gasteiger partial charge on any atom is 0.221 e. The molecule has 1 aromatic rings. The number of carbonyl (C=O) groups is 1. The molecule has 0 unspecified atom stereocenters. The van der Waals surface area contributed by atoms with Crippen molar-refractivity contribution in [1.82, 2.24) is 0 Å². The van der Waals surface area contributed by atoms with Gasteiger partial charge in [-0.25, -0.2) is 0 Å². The minimum atomic E-state index is -0.0531. The summed E-state index contributed by atoms with van der Waals surface area (Å²) >= 11 is 0. The fourth-order valence-electron chi connectivity index (χ4n) is 2.22. The maximum atomic E-state index is 10.9. The molecule has 0 heterocycles. The molecule has 0 bridgehead atoms. The minimum absolute atomic E-state index is 0.0121. The molecular weight excluding hydrogens is 212 g/mol. The molecule has 0 saturated heterocycles. The van der Waals surface area contributed by atoms with Crippen molar-refractivity contribution >= 4 is 11.6 Å². The van der Waals surface area contributed by atoms with Crippen LogP contribution in [0.5, 0.6) is 0 Å². The third-order valence-corrected chi connectivity index (χ3v) is 3.96. The lowest BCUT2D eigenvalue weighted by molar-refractivity contribution is -0.114. The van der Waals surface area contributed by atoms with Gasteiger partial charge in [0.25, 0.3) is 0 Å². The molecule has 92 valence electrons. The molecule has 2 rings (SSSR count). The summed E-state index contributed by atoms with van der Waals surface area (Å²) in [5, 5.41) is 2.77. The van der Waals surface area contributed by atoms with Gasteiger partial charge in [-0.3, -0.25) is 4.79 Å². The first kappa shape index (κ1) is 12.1. The van der Waals surface area contributed by atoms with Crippen LogP contribution in [0.4, 0.5) is 5.69 Å². The average molecular weight is 232 g/mol. The Balaban J connectivity index is 2.20. The Morgan fingerprint density at radius 2 is 1.82 bits per heavy atom. The van der Waals surface area contributed by atoms with Crippen LogP contribution in [-0.2, 0) is 10.2 Å². The Bertz CT molecular complexity index is 430. The quantitative estimate of drug-likeness (QED) is 0.841. The first-order valence-corrected chi connectivity index (χ1v) is 6.02. The molecule has 1 aromatic carbocycles. The van der Waals surface area contributed by atoms with E-state index in [4.69, 9.17) is 5.73 Å². The van der Waals surface area contributed by atoms with Crippen LogP contribution < -0.4 is 11.1 Å². The lowest BCUT2D eigenvalue weighted by Gasteiger charge is -2.32. The van der Waals surface area contributed by atoms with E-state index in [-0.39, 0.29) is 16.9 Å². The van der Waals surface area contributed by atoms with Crippen LogP contribution in [-0.4, -0.2) is 11.4 Å². The molecule has 1 saturated carbocycles. The van der Waals surface area contributed by atoms with Crippen molar-refractivity contribution in [2.24, 2.45) is 5.73 Å². The van der Waals surface area contributed by atoms with E-state index < -0.39 is 0 Å². The van der Waals surface area contributed by atoms with E-state index in [0.29, 0.717) is 0 Å². The van der Waals surface area contributed by atoms with Crippen LogP contribution in [0.1, 0.15) is 39.2 Å². The Kier molecular flexibility index (Phi) is 2.74. The number of nitrogens with one attached hydrogen (secondary N) is 1. The zero-order valence-corrected chi connectivity index (χ0v) is 10.7. The summed E-state index contributed by atoms with van der Waals surface area (Å²) in [6.07, 6.45) is 2.18. The van der Waals surface area contributed by atoms with Crippen LogP contribution >= 0.6 is 0 Å². The standard InChI is InChI=1S/C14H20N2O/c1-10(17)16-12-6-4-11(5-7-12)13(2,3)14(15)8-9-14/h4-7H,8-9,15H2,1-3H3,(H,16,17). The minimum Gasteiger partial charge on any atom is -0.326 e. The Hall–Kier alpha value is -1.35. The van der Waals surface area contributed by atoms with Crippen LogP contribution in [0, 0.1) is 0 Å². The number of hydrogen-bond donors (Lipinski definition) is 2. The van der Waals surface area contributed by atoms with E-state index in [1.165, 1.54) is 12.5 Å². The largest absolute Gasteiger partial charge is 0.326 e. The van der Waals surface area contributed by atoms with Crippen molar-refractivity contribution in [2.75, 3.05) is 5.32 Å². The van der Waals surface area contributed by atoms with Crippen molar-refractivity contribution in [3.63, 3.8) is 0 Å². The molecule has 0 radical (unpaired) electrons. The highest BCUT2D eigenvalue weighted by atomic mass is 16.1. The van der Waals surface area contributed by atoms with Crippen molar-refractivity contribution in [2.45, 2.75) is 44.6 Å². The van der Waals surface area contributed by atoms with Gasteiger partial charge in [-0.15, -0.1) is 0 Å². The van der Waals surface area contributed by atoms with Gasteiger partial charge in [0.2, 0.25) is 5.91 Å². The Labute approximate surface area is 102 Å². The van der Waals surface area contributed by atoms with Crippen LogP contribution in [0.25, 0.3) is 0 Å². The summed E-state index contributed by atoms with van der Waals surface area (Å²) in [5.74, 6) is -0.0468. The molecule has 0 spiro atoms. The molecule has 1 aliphatic rings. The summed E-state index contributed by atoms with van der Waals surface area (Å²) < 4.78 is 0. The summed E-state index contributed by atoms with van der Waals surface area (Å²) in [6, 6.07) is 7.98. The second kappa shape index (κ2) is 3.84. The van der Waals surface area contributed by atoms with E-state index in [2.05, 4.69) is 31.3 Å². The fraction of sp³-hybridized carbons (Fsp3) is 0.500. The van der Waals surface area contributed by atoms with Crippen molar-refractivity contribution < 1.29 is 4.79 Å². The number of amides is 1. The van der Waals surface area contributed by atoms with Gasteiger partial charge >= 0.3 is 0 Å². The molecule has 1 amide bonds. The van der Waals surface area contributed by atoms with Crippen LogP contribution in [0.2, 0.25) is 0 Å². The molecule has 0 aromatic heterocycles. The Morgan fingerprint density at radius 1 is 1.29 bits per heavy atom. The number of nitrogens with two attached hydrogens (primary N) is 1. The summed E-state index contributed by atoms with van der Waals surface area (Å²) in [6.45, 7) is 5.89. The van der Waals surface area contributed by atoms with Gasteiger partial charge in [-0.1, -0.05) is 26.0 Å².